The molecular weight excluding hydrogens is 160 g/mol. The molecule has 59 valence electrons. The maximum Gasteiger partial charge on any atom is 0.120 e. The quantitative estimate of drug-likeness (QED) is 0.662. The molecule has 0 saturated carbocycles. The molecular formula is C9H10ClO. The van der Waals surface area contributed by atoms with Crippen LogP contribution < -0.4 is 4.74 Å². The molecule has 0 aromatic heterocycles. The highest BCUT2D eigenvalue weighted by Crippen LogP contribution is 2.22. The molecule has 0 heterocycles. The average molecular weight is 170 g/mol. The molecule has 1 nitrogen and oxygen atoms in total. The van der Waals surface area contributed by atoms with Gasteiger partial charge in [-0.2, -0.15) is 0 Å². The van der Waals surface area contributed by atoms with Crippen LogP contribution >= 0.6 is 11.6 Å². The normalized spacial score (nSPS) is 9.73. The first-order valence-electron chi connectivity index (χ1n) is 3.41. The predicted octanol–water partition coefficient (Wildman–Crippen LogP) is 2.92. The van der Waals surface area contributed by atoms with Crippen LogP contribution in [-0.2, 0) is 0 Å². The van der Waals surface area contributed by atoms with E-state index in [-0.39, 0.29) is 0 Å². The lowest BCUT2D eigenvalue weighted by molar-refractivity contribution is 0.415. The molecule has 0 N–H and O–H groups in total. The van der Waals surface area contributed by atoms with E-state index in [1.54, 1.807) is 13.2 Å². The molecule has 11 heavy (non-hydrogen) atoms. The molecule has 0 bridgehead atoms. The molecule has 0 aliphatic heterocycles. The number of rotatable bonds is 2. The predicted molar refractivity (Wildman–Crippen MR) is 47.1 cm³/mol. The van der Waals surface area contributed by atoms with Gasteiger partial charge in [0, 0.05) is 5.02 Å². The third-order valence-electron chi connectivity index (χ3n) is 1.52. The van der Waals surface area contributed by atoms with Crippen molar-refractivity contribution in [3.05, 3.63) is 35.2 Å². The van der Waals surface area contributed by atoms with Crippen LogP contribution in [0, 0.1) is 6.42 Å². The van der Waals surface area contributed by atoms with Crippen molar-refractivity contribution in [3.63, 3.8) is 0 Å². The monoisotopic (exact) mass is 169 g/mol. The van der Waals surface area contributed by atoms with E-state index in [0.29, 0.717) is 0 Å². The van der Waals surface area contributed by atoms with Gasteiger partial charge in [-0.25, -0.2) is 0 Å². The van der Waals surface area contributed by atoms with E-state index < -0.39 is 0 Å². The highest BCUT2D eigenvalue weighted by Gasteiger charge is 1.98. The van der Waals surface area contributed by atoms with Crippen molar-refractivity contribution in [3.8, 4) is 5.75 Å². The summed E-state index contributed by atoms with van der Waals surface area (Å²) in [5, 5.41) is 0.729. The van der Waals surface area contributed by atoms with Gasteiger partial charge in [-0.1, -0.05) is 24.6 Å². The Balaban J connectivity index is 2.99. The summed E-state index contributed by atoms with van der Waals surface area (Å²) in [6, 6.07) is 5.62. The number of ether oxygens (including phenoxy) is 1. The van der Waals surface area contributed by atoms with E-state index in [1.165, 1.54) is 0 Å². The van der Waals surface area contributed by atoms with Gasteiger partial charge in [0.25, 0.3) is 0 Å². The van der Waals surface area contributed by atoms with Crippen LogP contribution in [-0.4, -0.2) is 7.11 Å². The zero-order valence-corrected chi connectivity index (χ0v) is 7.35. The topological polar surface area (TPSA) is 9.23 Å². The Kier molecular flexibility index (Phi) is 2.77. The van der Waals surface area contributed by atoms with E-state index in [0.717, 1.165) is 16.3 Å². The number of hydrogen-bond donors (Lipinski definition) is 0. The molecule has 0 atom stereocenters. The third kappa shape index (κ3) is 1.87. The summed E-state index contributed by atoms with van der Waals surface area (Å²) in [4.78, 5) is 0. The second-order valence-corrected chi connectivity index (χ2v) is 2.58. The van der Waals surface area contributed by atoms with Crippen LogP contribution in [0.25, 0.3) is 0 Å². The average Bonchev–Trinajstić information content (AvgIpc) is 2.04. The molecule has 0 aliphatic carbocycles. The summed E-state index contributed by atoms with van der Waals surface area (Å²) in [6.45, 7) is 1.95. The number of hydrogen-bond acceptors (Lipinski definition) is 1. The summed E-state index contributed by atoms with van der Waals surface area (Å²) in [6.07, 6.45) is 1.96. The summed E-state index contributed by atoms with van der Waals surface area (Å²) in [5.74, 6) is 0.792. The van der Waals surface area contributed by atoms with Crippen LogP contribution in [0.3, 0.4) is 0 Å². The smallest absolute Gasteiger partial charge is 0.120 e. The van der Waals surface area contributed by atoms with Crippen LogP contribution in [0.1, 0.15) is 12.5 Å². The van der Waals surface area contributed by atoms with Gasteiger partial charge >= 0.3 is 0 Å². The minimum Gasteiger partial charge on any atom is -0.497 e. The minimum atomic E-state index is 0.729. The minimum absolute atomic E-state index is 0.729. The van der Waals surface area contributed by atoms with Gasteiger partial charge in [0.15, 0.2) is 0 Å². The number of methoxy groups -OCH3 is 1. The van der Waals surface area contributed by atoms with Crippen LogP contribution in [0.2, 0.25) is 5.02 Å². The molecule has 1 rings (SSSR count). The number of benzene rings is 1. The lowest BCUT2D eigenvalue weighted by atomic mass is 10.2. The summed E-state index contributed by atoms with van der Waals surface area (Å²) < 4.78 is 5.00. The van der Waals surface area contributed by atoms with Crippen molar-refractivity contribution in [1.82, 2.24) is 0 Å². The Morgan fingerprint density at radius 2 is 2.18 bits per heavy atom. The van der Waals surface area contributed by atoms with Gasteiger partial charge in [0.1, 0.15) is 5.75 Å². The van der Waals surface area contributed by atoms with Crippen molar-refractivity contribution < 1.29 is 4.74 Å². The van der Waals surface area contributed by atoms with Gasteiger partial charge in [0.05, 0.1) is 7.11 Å². The molecule has 0 aliphatic rings. The van der Waals surface area contributed by atoms with E-state index >= 15 is 0 Å². The van der Waals surface area contributed by atoms with Crippen LogP contribution in [0.15, 0.2) is 18.2 Å². The lowest BCUT2D eigenvalue weighted by Gasteiger charge is -2.02. The fourth-order valence-electron chi connectivity index (χ4n) is 0.869. The largest absolute Gasteiger partial charge is 0.497 e. The molecule has 0 amide bonds. The van der Waals surface area contributed by atoms with Crippen molar-refractivity contribution in [2.24, 2.45) is 0 Å². The van der Waals surface area contributed by atoms with Gasteiger partial charge in [0.2, 0.25) is 0 Å². The number of halogens is 1. The Hall–Kier alpha value is -0.690. The maximum atomic E-state index is 5.90. The zero-order chi connectivity index (χ0) is 8.27. The van der Waals surface area contributed by atoms with Crippen LogP contribution in [0.5, 0.6) is 5.75 Å². The standard InChI is InChI=1S/C9H10ClO/c1-3-7-4-5-8(11-2)6-9(7)10/h3-6H,1-2H3. The summed E-state index contributed by atoms with van der Waals surface area (Å²) in [5.41, 5.74) is 1.03. The Morgan fingerprint density at radius 3 is 2.64 bits per heavy atom. The second kappa shape index (κ2) is 3.63. The Bertz CT molecular complexity index is 245. The molecule has 1 aromatic rings. The first kappa shape index (κ1) is 8.41. The lowest BCUT2D eigenvalue weighted by Crippen LogP contribution is -1.84. The first-order valence-corrected chi connectivity index (χ1v) is 3.78. The summed E-state index contributed by atoms with van der Waals surface area (Å²) >= 11 is 5.90. The highest BCUT2D eigenvalue weighted by atomic mass is 35.5. The maximum absolute atomic E-state index is 5.90. The molecule has 1 radical (unpaired) electrons. The molecule has 0 fully saturated rings. The Morgan fingerprint density at radius 1 is 1.45 bits per heavy atom. The van der Waals surface area contributed by atoms with Crippen molar-refractivity contribution in [1.29, 1.82) is 0 Å². The zero-order valence-electron chi connectivity index (χ0n) is 6.60. The summed E-state index contributed by atoms with van der Waals surface area (Å²) in [7, 11) is 1.63. The highest BCUT2D eigenvalue weighted by molar-refractivity contribution is 6.31. The fourth-order valence-corrected chi connectivity index (χ4v) is 1.15. The SMILES string of the molecule is C[CH]c1ccc(OC)cc1Cl. The van der Waals surface area contributed by atoms with Gasteiger partial charge < -0.3 is 4.74 Å². The van der Waals surface area contributed by atoms with E-state index in [4.69, 9.17) is 16.3 Å². The molecule has 1 aromatic carbocycles. The van der Waals surface area contributed by atoms with E-state index in [2.05, 4.69) is 0 Å². The third-order valence-corrected chi connectivity index (χ3v) is 1.85. The van der Waals surface area contributed by atoms with E-state index in [1.807, 2.05) is 25.5 Å². The van der Waals surface area contributed by atoms with E-state index in [9.17, 15) is 0 Å². The van der Waals surface area contributed by atoms with Gasteiger partial charge in [-0.05, 0) is 24.1 Å². The van der Waals surface area contributed by atoms with Crippen molar-refractivity contribution in [2.45, 2.75) is 6.92 Å². The molecule has 0 unspecified atom stereocenters. The van der Waals surface area contributed by atoms with Crippen molar-refractivity contribution >= 4 is 11.6 Å². The van der Waals surface area contributed by atoms with Crippen LogP contribution in [0.4, 0.5) is 0 Å². The van der Waals surface area contributed by atoms with Gasteiger partial charge in [-0.3, -0.25) is 0 Å². The molecule has 2 heteroatoms. The Labute approximate surface area is 71.9 Å². The molecule has 0 saturated heterocycles. The second-order valence-electron chi connectivity index (χ2n) is 2.18. The van der Waals surface area contributed by atoms with Gasteiger partial charge in [-0.15, -0.1) is 0 Å². The fraction of sp³-hybridized carbons (Fsp3) is 0.222. The molecule has 0 spiro atoms. The first-order chi connectivity index (χ1) is 5.27. The van der Waals surface area contributed by atoms with Crippen molar-refractivity contribution in [2.75, 3.05) is 7.11 Å².